The van der Waals surface area contributed by atoms with Crippen LogP contribution in [0.1, 0.15) is 329 Å². The van der Waals surface area contributed by atoms with Crippen LogP contribution in [0.25, 0.3) is 0 Å². The van der Waals surface area contributed by atoms with Gasteiger partial charge in [-0.2, -0.15) is 0 Å². The Hall–Kier alpha value is -3.67. The van der Waals surface area contributed by atoms with Gasteiger partial charge in [-0.05, 0) is 122 Å². The summed E-state index contributed by atoms with van der Waals surface area (Å²) < 4.78 is 16.9. The first-order valence-electron chi connectivity index (χ1n) is 33.7. The molecule has 0 heterocycles. The zero-order valence-electron chi connectivity index (χ0n) is 52.1. The number of ether oxygens (including phenoxy) is 3. The van der Waals surface area contributed by atoms with E-state index < -0.39 is 6.10 Å². The molecule has 6 nitrogen and oxygen atoms in total. The molecule has 1 unspecified atom stereocenters. The van der Waals surface area contributed by atoms with Gasteiger partial charge >= 0.3 is 17.9 Å². The SMILES string of the molecule is CC/C=C\C/C=C\C/C=C\C/C=C\C/C=C\CCCCCC(=O)OC(COC(=O)CCCCCCC/C=C\C/C=C\CCCCC)COC(=O)CCCCCCCCCCCCCCCCC/C=C\CCCCCCCCCC. The van der Waals surface area contributed by atoms with Gasteiger partial charge in [0, 0.05) is 19.3 Å². The molecule has 0 rings (SSSR count). The van der Waals surface area contributed by atoms with Crippen molar-refractivity contribution in [3.8, 4) is 0 Å². The highest BCUT2D eigenvalue weighted by molar-refractivity contribution is 5.71. The largest absolute Gasteiger partial charge is 0.462 e. The second kappa shape index (κ2) is 66.8. The minimum atomic E-state index is -0.803. The van der Waals surface area contributed by atoms with E-state index in [1.807, 2.05) is 0 Å². The van der Waals surface area contributed by atoms with Gasteiger partial charge in [0.25, 0.3) is 0 Å². The van der Waals surface area contributed by atoms with Crippen molar-refractivity contribution in [1.29, 1.82) is 0 Å². The van der Waals surface area contributed by atoms with Gasteiger partial charge in [-0.15, -0.1) is 0 Å². The fourth-order valence-corrected chi connectivity index (χ4v) is 9.50. The predicted octanol–water partition coefficient (Wildman–Crippen LogP) is 23.2. The predicted molar refractivity (Wildman–Crippen MR) is 344 cm³/mol. The van der Waals surface area contributed by atoms with Crippen molar-refractivity contribution in [3.63, 3.8) is 0 Å². The van der Waals surface area contributed by atoms with E-state index in [1.54, 1.807) is 0 Å². The Bertz CT molecular complexity index is 1540. The van der Waals surface area contributed by atoms with Gasteiger partial charge in [-0.1, -0.05) is 285 Å². The summed E-state index contributed by atoms with van der Waals surface area (Å²) in [6.07, 6.45) is 90.0. The van der Waals surface area contributed by atoms with Gasteiger partial charge in [0.1, 0.15) is 13.2 Å². The first kappa shape index (κ1) is 75.3. The van der Waals surface area contributed by atoms with Crippen LogP contribution in [0.2, 0.25) is 0 Å². The topological polar surface area (TPSA) is 78.9 Å². The quantitative estimate of drug-likeness (QED) is 0.0261. The van der Waals surface area contributed by atoms with E-state index >= 15 is 0 Å². The van der Waals surface area contributed by atoms with E-state index in [4.69, 9.17) is 14.2 Å². The number of carbonyl (C=O) groups excluding carboxylic acids is 3. The third kappa shape index (κ3) is 65.0. The number of esters is 3. The van der Waals surface area contributed by atoms with Crippen LogP contribution in [-0.2, 0) is 28.6 Å². The average Bonchev–Trinajstić information content (AvgIpc) is 3.45. The van der Waals surface area contributed by atoms with Gasteiger partial charge in [-0.3, -0.25) is 14.4 Å². The highest BCUT2D eigenvalue weighted by Gasteiger charge is 2.19. The van der Waals surface area contributed by atoms with E-state index in [9.17, 15) is 14.4 Å². The maximum atomic E-state index is 12.9. The average molecular weight is 1100 g/mol. The maximum absolute atomic E-state index is 12.9. The Morgan fingerprint density at radius 1 is 0.266 bits per heavy atom. The van der Waals surface area contributed by atoms with E-state index in [1.165, 1.54) is 167 Å². The van der Waals surface area contributed by atoms with Crippen molar-refractivity contribution in [2.75, 3.05) is 13.2 Å². The number of hydrogen-bond acceptors (Lipinski definition) is 6. The Kier molecular flexibility index (Phi) is 63.7. The number of rotatable bonds is 61. The van der Waals surface area contributed by atoms with E-state index in [0.29, 0.717) is 12.8 Å². The lowest BCUT2D eigenvalue weighted by molar-refractivity contribution is -0.167. The van der Waals surface area contributed by atoms with E-state index in [2.05, 4.69) is 118 Å². The van der Waals surface area contributed by atoms with Crippen LogP contribution in [0.3, 0.4) is 0 Å². The Morgan fingerprint density at radius 3 is 0.823 bits per heavy atom. The van der Waals surface area contributed by atoms with Gasteiger partial charge in [0.05, 0.1) is 0 Å². The highest BCUT2D eigenvalue weighted by Crippen LogP contribution is 2.17. The first-order valence-corrected chi connectivity index (χ1v) is 33.7. The van der Waals surface area contributed by atoms with Gasteiger partial charge < -0.3 is 14.2 Å². The number of allylic oxidation sites excluding steroid dienone is 16. The van der Waals surface area contributed by atoms with Crippen molar-refractivity contribution in [1.82, 2.24) is 0 Å². The molecule has 0 amide bonds. The molecule has 0 aromatic heterocycles. The monoisotopic (exact) mass is 1100 g/mol. The minimum absolute atomic E-state index is 0.0943. The molecule has 0 N–H and O–H groups in total. The number of hydrogen-bond donors (Lipinski definition) is 0. The molecule has 0 radical (unpaired) electrons. The summed E-state index contributed by atoms with van der Waals surface area (Å²) in [4.78, 5) is 38.4. The molecule has 0 saturated heterocycles. The summed E-state index contributed by atoms with van der Waals surface area (Å²) in [6, 6.07) is 0. The van der Waals surface area contributed by atoms with Crippen molar-refractivity contribution in [2.24, 2.45) is 0 Å². The lowest BCUT2D eigenvalue weighted by Crippen LogP contribution is -2.30. The molecule has 0 saturated carbocycles. The molecule has 0 aliphatic carbocycles. The van der Waals surface area contributed by atoms with Crippen LogP contribution < -0.4 is 0 Å². The van der Waals surface area contributed by atoms with Crippen LogP contribution in [0, 0.1) is 0 Å². The second-order valence-corrected chi connectivity index (χ2v) is 22.3. The van der Waals surface area contributed by atoms with E-state index in [-0.39, 0.29) is 37.5 Å². The van der Waals surface area contributed by atoms with Gasteiger partial charge in [0.2, 0.25) is 0 Å². The van der Waals surface area contributed by atoms with Crippen molar-refractivity contribution >= 4 is 17.9 Å². The van der Waals surface area contributed by atoms with E-state index in [0.717, 1.165) is 122 Å². The highest BCUT2D eigenvalue weighted by atomic mass is 16.6. The minimum Gasteiger partial charge on any atom is -0.462 e. The molecule has 0 bridgehead atoms. The molecular weight excluding hydrogens is 973 g/mol. The molecule has 0 spiro atoms. The van der Waals surface area contributed by atoms with Crippen LogP contribution in [0.15, 0.2) is 97.2 Å². The van der Waals surface area contributed by atoms with Crippen molar-refractivity contribution < 1.29 is 28.6 Å². The Labute approximate surface area is 489 Å². The molecule has 0 aromatic rings. The van der Waals surface area contributed by atoms with Crippen LogP contribution in [0.4, 0.5) is 0 Å². The lowest BCUT2D eigenvalue weighted by atomic mass is 10.0. The molecule has 0 fully saturated rings. The number of carbonyl (C=O) groups is 3. The van der Waals surface area contributed by atoms with Crippen molar-refractivity contribution in [3.05, 3.63) is 97.2 Å². The molecular formula is C73H126O6. The molecule has 79 heavy (non-hydrogen) atoms. The number of unbranched alkanes of at least 4 members (excludes halogenated alkanes) is 34. The lowest BCUT2D eigenvalue weighted by Gasteiger charge is -2.18. The standard InChI is InChI=1S/C73H126O6/c1-4-7-10-13-16-19-22-25-28-30-32-33-34-35-36-37-38-39-41-42-45-48-51-54-57-60-63-66-72(75)78-69-70(68-77-71(74)65-62-59-56-53-50-47-44-27-24-21-18-15-12-9-6-3)79-73(76)67-64-61-58-55-52-49-46-43-40-31-29-26-23-20-17-14-11-8-5-2/h8,11,17-18,20-21,26-27,29-30,32,40,43-44,49,52,70H,4-7,9-10,12-16,19,22-25,28,31,33-39,41-42,45-48,50-51,53-69H2,1-3H3/b11-8-,20-17-,21-18-,29-26-,32-30-,43-40-,44-27-,52-49-. The Balaban J connectivity index is 4.34. The van der Waals surface area contributed by atoms with Gasteiger partial charge in [-0.25, -0.2) is 0 Å². The summed E-state index contributed by atoms with van der Waals surface area (Å²) in [5.41, 5.74) is 0. The van der Waals surface area contributed by atoms with Crippen LogP contribution in [0.5, 0.6) is 0 Å². The molecule has 0 aliphatic rings. The molecule has 1 atom stereocenters. The van der Waals surface area contributed by atoms with Crippen LogP contribution >= 0.6 is 0 Å². The molecule has 0 aromatic carbocycles. The van der Waals surface area contributed by atoms with Crippen LogP contribution in [-0.4, -0.2) is 37.2 Å². The molecule has 454 valence electrons. The first-order chi connectivity index (χ1) is 39.0. The zero-order valence-corrected chi connectivity index (χ0v) is 52.1. The summed E-state index contributed by atoms with van der Waals surface area (Å²) in [7, 11) is 0. The summed E-state index contributed by atoms with van der Waals surface area (Å²) >= 11 is 0. The smallest absolute Gasteiger partial charge is 0.306 e. The third-order valence-corrected chi connectivity index (χ3v) is 14.5. The fourth-order valence-electron chi connectivity index (χ4n) is 9.50. The maximum Gasteiger partial charge on any atom is 0.306 e. The van der Waals surface area contributed by atoms with Gasteiger partial charge in [0.15, 0.2) is 6.10 Å². The summed E-state index contributed by atoms with van der Waals surface area (Å²) in [5.74, 6) is -0.930. The van der Waals surface area contributed by atoms with Crippen molar-refractivity contribution in [2.45, 2.75) is 335 Å². The Morgan fingerprint density at radius 2 is 0.494 bits per heavy atom. The molecule has 0 aliphatic heterocycles. The summed E-state index contributed by atoms with van der Waals surface area (Å²) in [5, 5.41) is 0. The normalized spacial score (nSPS) is 12.7. The zero-order chi connectivity index (χ0) is 57.1. The fraction of sp³-hybridized carbons (Fsp3) is 0.740. The molecule has 6 heteroatoms. The summed E-state index contributed by atoms with van der Waals surface area (Å²) in [6.45, 7) is 6.49. The third-order valence-electron chi connectivity index (χ3n) is 14.5. The second-order valence-electron chi connectivity index (χ2n) is 22.3.